The molecule has 1 aliphatic heterocycles. The zero-order valence-corrected chi connectivity index (χ0v) is 10.4. The topological polar surface area (TPSA) is 94.5 Å². The van der Waals surface area contributed by atoms with Gasteiger partial charge in [0.25, 0.3) is 5.91 Å². The molecule has 4 N–H and O–H groups in total. The molecule has 1 aromatic heterocycles. The number of rotatable bonds is 4. The van der Waals surface area contributed by atoms with Gasteiger partial charge in [0.2, 0.25) is 0 Å². The van der Waals surface area contributed by atoms with Crippen LogP contribution in [0.2, 0.25) is 0 Å². The first-order chi connectivity index (χ1) is 8.58. The van der Waals surface area contributed by atoms with Gasteiger partial charge in [-0.1, -0.05) is 0 Å². The summed E-state index contributed by atoms with van der Waals surface area (Å²) in [6.45, 7) is 1.52. The molecule has 1 atom stereocenters. The first-order valence-corrected chi connectivity index (χ1v) is 5.97. The van der Waals surface area contributed by atoms with E-state index in [-0.39, 0.29) is 11.8 Å². The number of primary amides is 1. The fourth-order valence-electron chi connectivity index (χ4n) is 2.08. The van der Waals surface area contributed by atoms with Gasteiger partial charge in [0.05, 0.1) is 11.8 Å². The molecule has 2 heterocycles. The van der Waals surface area contributed by atoms with Crippen molar-refractivity contribution in [1.29, 1.82) is 0 Å². The number of pyridine rings is 1. The number of likely N-dealkylation sites (N-methyl/N-ethyl adjacent to an activating group) is 1. The summed E-state index contributed by atoms with van der Waals surface area (Å²) in [7, 11) is 1.88. The van der Waals surface area contributed by atoms with Crippen molar-refractivity contribution in [2.75, 3.05) is 30.8 Å². The summed E-state index contributed by atoms with van der Waals surface area (Å²) in [6, 6.07) is 3.18. The van der Waals surface area contributed by atoms with Crippen LogP contribution in [0.25, 0.3) is 0 Å². The van der Waals surface area contributed by atoms with Crippen molar-refractivity contribution < 1.29 is 9.53 Å². The number of aromatic nitrogens is 1. The van der Waals surface area contributed by atoms with Crippen molar-refractivity contribution >= 4 is 17.4 Å². The Hall–Kier alpha value is -1.82. The molecule has 18 heavy (non-hydrogen) atoms. The Kier molecular flexibility index (Phi) is 3.66. The lowest BCUT2D eigenvalue weighted by molar-refractivity contribution is 0.0995. The maximum atomic E-state index is 11.1. The van der Waals surface area contributed by atoms with E-state index in [9.17, 15) is 4.79 Å². The lowest BCUT2D eigenvalue weighted by atomic mass is 10.2. The Morgan fingerprint density at radius 2 is 2.39 bits per heavy atom. The van der Waals surface area contributed by atoms with E-state index in [1.165, 1.54) is 6.07 Å². The molecule has 0 saturated carbocycles. The highest BCUT2D eigenvalue weighted by atomic mass is 16.5. The van der Waals surface area contributed by atoms with Crippen molar-refractivity contribution in [2.45, 2.75) is 18.9 Å². The molecule has 1 saturated heterocycles. The van der Waals surface area contributed by atoms with Crippen LogP contribution in [-0.4, -0.2) is 37.2 Å². The van der Waals surface area contributed by atoms with Crippen molar-refractivity contribution in [1.82, 2.24) is 4.98 Å². The fourth-order valence-corrected chi connectivity index (χ4v) is 2.08. The largest absolute Gasteiger partial charge is 0.396 e. The van der Waals surface area contributed by atoms with Crippen LogP contribution in [0, 0.1) is 0 Å². The number of amides is 1. The van der Waals surface area contributed by atoms with Gasteiger partial charge in [-0.05, 0) is 25.0 Å². The zero-order chi connectivity index (χ0) is 13.1. The second kappa shape index (κ2) is 5.22. The minimum absolute atomic E-state index is 0.202. The SMILES string of the molecule is CN(CC1CCCO1)c1nc(C(N)=O)ccc1N. The number of anilines is 2. The number of nitrogens with two attached hydrogens (primary N) is 2. The summed E-state index contributed by atoms with van der Waals surface area (Å²) in [4.78, 5) is 17.2. The van der Waals surface area contributed by atoms with Crippen LogP contribution in [0.5, 0.6) is 0 Å². The quantitative estimate of drug-likeness (QED) is 0.805. The van der Waals surface area contributed by atoms with Crippen LogP contribution in [0.4, 0.5) is 11.5 Å². The van der Waals surface area contributed by atoms with Crippen molar-refractivity contribution in [3.8, 4) is 0 Å². The normalized spacial score (nSPS) is 18.8. The monoisotopic (exact) mass is 250 g/mol. The van der Waals surface area contributed by atoms with Gasteiger partial charge in [-0.15, -0.1) is 0 Å². The minimum atomic E-state index is -0.554. The highest BCUT2D eigenvalue weighted by molar-refractivity contribution is 5.91. The smallest absolute Gasteiger partial charge is 0.267 e. The van der Waals surface area contributed by atoms with E-state index in [4.69, 9.17) is 16.2 Å². The molecule has 1 unspecified atom stereocenters. The predicted octanol–water partition coefficient (Wildman–Crippen LogP) is 0.378. The van der Waals surface area contributed by atoms with Gasteiger partial charge in [0.15, 0.2) is 5.82 Å². The standard InChI is InChI=1S/C12H18N4O2/c1-16(7-8-3-2-6-18-8)12-9(13)4-5-10(15-12)11(14)17/h4-5,8H,2-3,6-7,13H2,1H3,(H2,14,17). The summed E-state index contributed by atoms with van der Waals surface area (Å²) >= 11 is 0. The van der Waals surface area contributed by atoms with Gasteiger partial charge in [-0.25, -0.2) is 4.98 Å². The number of nitrogens with zero attached hydrogens (tertiary/aromatic N) is 2. The third-order valence-electron chi connectivity index (χ3n) is 3.02. The average Bonchev–Trinajstić information content (AvgIpc) is 2.81. The third kappa shape index (κ3) is 2.70. The molecule has 98 valence electrons. The van der Waals surface area contributed by atoms with Crippen LogP contribution in [-0.2, 0) is 4.74 Å². The Morgan fingerprint density at radius 1 is 1.61 bits per heavy atom. The van der Waals surface area contributed by atoms with E-state index in [1.54, 1.807) is 6.07 Å². The van der Waals surface area contributed by atoms with Gasteiger partial charge in [-0.3, -0.25) is 4.79 Å². The number of hydrogen-bond acceptors (Lipinski definition) is 5. The number of nitrogen functional groups attached to an aromatic ring is 1. The molecule has 6 heteroatoms. The maximum Gasteiger partial charge on any atom is 0.267 e. The maximum absolute atomic E-state index is 11.1. The summed E-state index contributed by atoms with van der Waals surface area (Å²) in [5, 5.41) is 0. The van der Waals surface area contributed by atoms with Gasteiger partial charge in [0, 0.05) is 20.2 Å². The Bertz CT molecular complexity index is 444. The highest BCUT2D eigenvalue weighted by Gasteiger charge is 2.19. The summed E-state index contributed by atoms with van der Waals surface area (Å²) in [5.74, 6) is 0.0172. The van der Waals surface area contributed by atoms with Crippen LogP contribution in [0.15, 0.2) is 12.1 Å². The van der Waals surface area contributed by atoms with Crippen molar-refractivity contribution in [3.63, 3.8) is 0 Å². The molecule has 2 rings (SSSR count). The van der Waals surface area contributed by atoms with Crippen LogP contribution >= 0.6 is 0 Å². The number of hydrogen-bond donors (Lipinski definition) is 2. The molecule has 0 aliphatic carbocycles. The molecule has 0 spiro atoms. The summed E-state index contributed by atoms with van der Waals surface area (Å²) in [5.41, 5.74) is 11.8. The molecule has 0 bridgehead atoms. The van der Waals surface area contributed by atoms with Crippen molar-refractivity contribution in [2.24, 2.45) is 5.73 Å². The van der Waals surface area contributed by atoms with E-state index >= 15 is 0 Å². The van der Waals surface area contributed by atoms with Gasteiger partial charge >= 0.3 is 0 Å². The lowest BCUT2D eigenvalue weighted by Crippen LogP contribution is -2.30. The zero-order valence-electron chi connectivity index (χ0n) is 10.4. The minimum Gasteiger partial charge on any atom is -0.396 e. The summed E-state index contributed by atoms with van der Waals surface area (Å²) < 4.78 is 5.56. The molecule has 0 aromatic carbocycles. The van der Waals surface area contributed by atoms with E-state index in [0.717, 1.165) is 19.4 Å². The highest BCUT2D eigenvalue weighted by Crippen LogP contribution is 2.22. The van der Waals surface area contributed by atoms with Gasteiger partial charge in [-0.2, -0.15) is 0 Å². The molecular weight excluding hydrogens is 232 g/mol. The molecule has 6 nitrogen and oxygen atoms in total. The van der Waals surface area contributed by atoms with E-state index < -0.39 is 5.91 Å². The average molecular weight is 250 g/mol. The lowest BCUT2D eigenvalue weighted by Gasteiger charge is -2.23. The molecule has 0 radical (unpaired) electrons. The number of ether oxygens (including phenoxy) is 1. The predicted molar refractivity (Wildman–Crippen MR) is 69.4 cm³/mol. The Balaban J connectivity index is 2.14. The third-order valence-corrected chi connectivity index (χ3v) is 3.02. The Labute approximate surface area is 106 Å². The molecule has 1 fully saturated rings. The summed E-state index contributed by atoms with van der Waals surface area (Å²) in [6.07, 6.45) is 2.33. The van der Waals surface area contributed by atoms with E-state index in [1.807, 2.05) is 11.9 Å². The first-order valence-electron chi connectivity index (χ1n) is 5.97. The Morgan fingerprint density at radius 3 is 3.00 bits per heavy atom. The van der Waals surface area contributed by atoms with Gasteiger partial charge < -0.3 is 21.1 Å². The van der Waals surface area contributed by atoms with E-state index in [0.29, 0.717) is 18.1 Å². The molecule has 1 aliphatic rings. The molecular formula is C12H18N4O2. The van der Waals surface area contributed by atoms with Crippen LogP contribution < -0.4 is 16.4 Å². The van der Waals surface area contributed by atoms with E-state index in [2.05, 4.69) is 4.98 Å². The number of carbonyl (C=O) groups excluding carboxylic acids is 1. The molecule has 1 amide bonds. The van der Waals surface area contributed by atoms with Crippen LogP contribution in [0.3, 0.4) is 0 Å². The number of carbonyl (C=O) groups is 1. The van der Waals surface area contributed by atoms with Crippen LogP contribution in [0.1, 0.15) is 23.3 Å². The fraction of sp³-hybridized carbons (Fsp3) is 0.500. The second-order valence-electron chi connectivity index (χ2n) is 4.49. The first kappa shape index (κ1) is 12.6. The molecule has 1 aromatic rings. The second-order valence-corrected chi connectivity index (χ2v) is 4.49. The van der Waals surface area contributed by atoms with Gasteiger partial charge in [0.1, 0.15) is 5.69 Å². The van der Waals surface area contributed by atoms with Crippen molar-refractivity contribution in [3.05, 3.63) is 17.8 Å².